The highest BCUT2D eigenvalue weighted by Gasteiger charge is 2.37. The summed E-state index contributed by atoms with van der Waals surface area (Å²) in [6.07, 6.45) is 3.74. The number of anilines is 1. The first-order valence-electron chi connectivity index (χ1n) is 8.10. The van der Waals surface area contributed by atoms with Gasteiger partial charge in [-0.15, -0.1) is 0 Å². The van der Waals surface area contributed by atoms with Crippen molar-refractivity contribution in [2.24, 2.45) is 5.92 Å². The molecule has 0 unspecified atom stereocenters. The lowest BCUT2D eigenvalue weighted by Crippen LogP contribution is -2.40. The molecule has 1 aliphatic carbocycles. The minimum absolute atomic E-state index is 0.0718. The maximum atomic E-state index is 12.2. The van der Waals surface area contributed by atoms with Gasteiger partial charge < -0.3 is 14.3 Å². The number of benzene rings is 1. The number of pyridine rings is 1. The van der Waals surface area contributed by atoms with Gasteiger partial charge in [0.25, 0.3) is 0 Å². The largest absolute Gasteiger partial charge is 0.488 e. The van der Waals surface area contributed by atoms with Crippen molar-refractivity contribution in [2.75, 3.05) is 5.32 Å². The number of rotatable bonds is 5. The van der Waals surface area contributed by atoms with Crippen molar-refractivity contribution in [3.63, 3.8) is 0 Å². The lowest BCUT2D eigenvalue weighted by molar-refractivity contribution is -0.125. The highest BCUT2D eigenvalue weighted by molar-refractivity contribution is 5.92. The number of aromatic nitrogens is 2. The average molecular weight is 353 g/mol. The van der Waals surface area contributed by atoms with Crippen LogP contribution in [-0.4, -0.2) is 33.1 Å². The molecule has 1 fully saturated rings. The van der Waals surface area contributed by atoms with Crippen molar-refractivity contribution in [3.8, 4) is 5.75 Å². The number of amides is 1. The molecule has 2 aromatic heterocycles. The number of carboxylic acid groups (broad SMARTS) is 1. The Morgan fingerprint density at radius 1 is 1.23 bits per heavy atom. The average Bonchev–Trinajstić information content (AvgIpc) is 3.06. The molecule has 0 spiro atoms. The van der Waals surface area contributed by atoms with E-state index in [0.29, 0.717) is 18.6 Å². The number of para-hydroxylation sites is 1. The minimum atomic E-state index is -1.21. The lowest BCUT2D eigenvalue weighted by Gasteiger charge is -2.34. The van der Waals surface area contributed by atoms with Gasteiger partial charge in [0.2, 0.25) is 5.91 Å². The summed E-state index contributed by atoms with van der Waals surface area (Å²) in [5.41, 5.74) is 0.544. The summed E-state index contributed by atoms with van der Waals surface area (Å²) >= 11 is 0. The number of carbonyl (C=O) groups is 2. The first-order chi connectivity index (χ1) is 12.6. The number of aromatic carboxylic acids is 1. The predicted molar refractivity (Wildman–Crippen MR) is 91.0 cm³/mol. The van der Waals surface area contributed by atoms with E-state index in [1.54, 1.807) is 6.20 Å². The van der Waals surface area contributed by atoms with E-state index in [2.05, 4.69) is 15.3 Å². The molecule has 3 aromatic rings. The molecule has 0 radical (unpaired) electrons. The van der Waals surface area contributed by atoms with Gasteiger partial charge in [0.1, 0.15) is 23.6 Å². The summed E-state index contributed by atoms with van der Waals surface area (Å²) in [4.78, 5) is 30.9. The molecule has 2 heterocycles. The second-order valence-corrected chi connectivity index (χ2v) is 6.07. The van der Waals surface area contributed by atoms with E-state index in [-0.39, 0.29) is 29.6 Å². The molecule has 0 saturated heterocycles. The minimum Gasteiger partial charge on any atom is -0.488 e. The summed E-state index contributed by atoms with van der Waals surface area (Å²) in [7, 11) is 0. The van der Waals surface area contributed by atoms with Crippen LogP contribution in [0.25, 0.3) is 10.9 Å². The van der Waals surface area contributed by atoms with E-state index >= 15 is 0 Å². The van der Waals surface area contributed by atoms with E-state index < -0.39 is 5.97 Å². The smallest absolute Gasteiger partial charge is 0.357 e. The van der Waals surface area contributed by atoms with Crippen molar-refractivity contribution in [3.05, 3.63) is 48.5 Å². The quantitative estimate of drug-likeness (QED) is 0.724. The van der Waals surface area contributed by atoms with Gasteiger partial charge in [0, 0.05) is 17.5 Å². The molecule has 4 rings (SSSR count). The third-order valence-electron chi connectivity index (χ3n) is 4.31. The fourth-order valence-electron chi connectivity index (χ4n) is 2.86. The van der Waals surface area contributed by atoms with Crippen LogP contribution in [0.2, 0.25) is 0 Å². The monoisotopic (exact) mass is 353 g/mol. The number of hydrogen-bond acceptors (Lipinski definition) is 6. The Balaban J connectivity index is 1.34. The number of nitrogens with zero attached hydrogens (tertiary/aromatic N) is 2. The molecule has 1 amide bonds. The molecule has 0 bridgehead atoms. The Morgan fingerprint density at radius 3 is 2.81 bits per heavy atom. The number of carboxylic acids is 1. The van der Waals surface area contributed by atoms with E-state index in [1.807, 2.05) is 30.3 Å². The number of carbonyl (C=O) groups excluding carboxylic acids is 1. The number of nitrogens with one attached hydrogen (secondary N) is 1. The third kappa shape index (κ3) is 3.08. The van der Waals surface area contributed by atoms with Crippen molar-refractivity contribution in [1.29, 1.82) is 0 Å². The van der Waals surface area contributed by atoms with Crippen LogP contribution in [0.15, 0.2) is 47.2 Å². The zero-order valence-corrected chi connectivity index (χ0v) is 13.6. The van der Waals surface area contributed by atoms with Crippen LogP contribution < -0.4 is 10.1 Å². The molecule has 0 atom stereocenters. The van der Waals surface area contributed by atoms with Crippen molar-refractivity contribution >= 4 is 28.8 Å². The van der Waals surface area contributed by atoms with Crippen LogP contribution in [0.5, 0.6) is 5.75 Å². The van der Waals surface area contributed by atoms with E-state index in [1.165, 1.54) is 0 Å². The molecule has 1 saturated carbocycles. The standard InChI is InChI=1S/C18H15N3O5/c22-16(21-18-20-13(9-25-18)17(23)24)11-7-12(8-11)26-14-5-1-3-10-4-2-6-19-15(10)14/h1-6,9,11-12H,7-8H2,(H,23,24)(H,20,21,22). The lowest BCUT2D eigenvalue weighted by atomic mass is 9.81. The molecule has 2 N–H and O–H groups in total. The molecule has 132 valence electrons. The van der Waals surface area contributed by atoms with Gasteiger partial charge in [-0.05, 0) is 25.0 Å². The second-order valence-electron chi connectivity index (χ2n) is 6.07. The van der Waals surface area contributed by atoms with Crippen LogP contribution in [0.3, 0.4) is 0 Å². The summed E-state index contributed by atoms with van der Waals surface area (Å²) in [6.45, 7) is 0. The maximum Gasteiger partial charge on any atom is 0.357 e. The summed E-state index contributed by atoms with van der Waals surface area (Å²) in [5.74, 6) is -1.01. The van der Waals surface area contributed by atoms with Gasteiger partial charge in [0.15, 0.2) is 5.69 Å². The van der Waals surface area contributed by atoms with E-state index in [9.17, 15) is 9.59 Å². The van der Waals surface area contributed by atoms with Gasteiger partial charge >= 0.3 is 12.0 Å². The molecule has 8 heteroatoms. The topological polar surface area (TPSA) is 115 Å². The first-order valence-corrected chi connectivity index (χ1v) is 8.10. The Morgan fingerprint density at radius 2 is 2.04 bits per heavy atom. The third-order valence-corrected chi connectivity index (χ3v) is 4.31. The molecule has 8 nitrogen and oxygen atoms in total. The highest BCUT2D eigenvalue weighted by atomic mass is 16.5. The van der Waals surface area contributed by atoms with Crippen LogP contribution in [0, 0.1) is 5.92 Å². The molecular weight excluding hydrogens is 338 g/mol. The Hall–Kier alpha value is -3.42. The molecular formula is C18H15N3O5. The van der Waals surface area contributed by atoms with Crippen LogP contribution >= 0.6 is 0 Å². The van der Waals surface area contributed by atoms with Crippen molar-refractivity contribution in [2.45, 2.75) is 18.9 Å². The number of ether oxygens (including phenoxy) is 1. The molecule has 1 aliphatic rings. The van der Waals surface area contributed by atoms with Crippen LogP contribution in [0.4, 0.5) is 6.01 Å². The Bertz CT molecular complexity index is 972. The van der Waals surface area contributed by atoms with Crippen LogP contribution in [0.1, 0.15) is 23.3 Å². The van der Waals surface area contributed by atoms with E-state index in [0.717, 1.165) is 17.2 Å². The number of fused-ring (bicyclic) bond motifs is 1. The van der Waals surface area contributed by atoms with Gasteiger partial charge in [-0.25, -0.2) is 4.79 Å². The highest BCUT2D eigenvalue weighted by Crippen LogP contribution is 2.34. The first kappa shape index (κ1) is 16.1. The fraction of sp³-hybridized carbons (Fsp3) is 0.222. The zero-order valence-electron chi connectivity index (χ0n) is 13.6. The summed E-state index contributed by atoms with van der Waals surface area (Å²) in [5, 5.41) is 12.3. The van der Waals surface area contributed by atoms with Crippen molar-refractivity contribution < 1.29 is 23.8 Å². The second kappa shape index (κ2) is 6.47. The van der Waals surface area contributed by atoms with E-state index in [4.69, 9.17) is 14.3 Å². The van der Waals surface area contributed by atoms with Crippen molar-refractivity contribution in [1.82, 2.24) is 9.97 Å². The molecule has 0 aliphatic heterocycles. The fourth-order valence-corrected chi connectivity index (χ4v) is 2.86. The normalized spacial score (nSPS) is 18.9. The van der Waals surface area contributed by atoms with Gasteiger partial charge in [-0.2, -0.15) is 4.98 Å². The van der Waals surface area contributed by atoms with Gasteiger partial charge in [0.05, 0.1) is 0 Å². The summed E-state index contributed by atoms with van der Waals surface area (Å²) in [6, 6.07) is 9.46. The van der Waals surface area contributed by atoms with Crippen LogP contribution in [-0.2, 0) is 4.79 Å². The maximum absolute atomic E-state index is 12.2. The summed E-state index contributed by atoms with van der Waals surface area (Å²) < 4.78 is 10.9. The molecule has 26 heavy (non-hydrogen) atoms. The predicted octanol–water partition coefficient (Wildman–Crippen LogP) is 2.72. The zero-order chi connectivity index (χ0) is 18.1. The SMILES string of the molecule is O=C(O)c1coc(NC(=O)C2CC(Oc3cccc4cccnc34)C2)n1. The number of oxazole rings is 1. The van der Waals surface area contributed by atoms with Gasteiger partial charge in [-0.1, -0.05) is 18.2 Å². The molecule has 1 aromatic carbocycles. The Kier molecular flexibility index (Phi) is 4.00. The number of hydrogen-bond donors (Lipinski definition) is 2. The van der Waals surface area contributed by atoms with Gasteiger partial charge in [-0.3, -0.25) is 15.1 Å². The Labute approximate surface area is 147 Å².